The molecule has 4 aromatic carbocycles. The molecule has 50 heavy (non-hydrogen) atoms. The first-order valence-corrected chi connectivity index (χ1v) is 17.3. The van der Waals surface area contributed by atoms with Gasteiger partial charge in [-0.1, -0.05) is 72.8 Å². The number of rotatable bonds is 8. The van der Waals surface area contributed by atoms with Gasteiger partial charge in [0.05, 0.1) is 49.2 Å². The number of urea groups is 1. The predicted molar refractivity (Wildman–Crippen MR) is 199 cm³/mol. The summed E-state index contributed by atoms with van der Waals surface area (Å²) >= 11 is 0. The van der Waals surface area contributed by atoms with E-state index in [1.54, 1.807) is 0 Å². The summed E-state index contributed by atoms with van der Waals surface area (Å²) in [6.07, 6.45) is 3.89. The highest BCUT2D eigenvalue weighted by atomic mass is 16.5. The van der Waals surface area contributed by atoms with Crippen LogP contribution >= 0.6 is 0 Å². The zero-order chi connectivity index (χ0) is 33.7. The van der Waals surface area contributed by atoms with Crippen LogP contribution in [0, 0.1) is 0 Å². The maximum absolute atomic E-state index is 13.5. The number of nitrogens with zero attached hydrogens (tertiary/aromatic N) is 4. The number of carbonyl (C=O) groups excluding carboxylic acids is 1. The van der Waals surface area contributed by atoms with E-state index >= 15 is 0 Å². The number of benzene rings is 4. The molecular weight excluding hydrogens is 624 g/mol. The molecule has 2 amide bonds. The molecule has 0 aliphatic carbocycles. The number of carbonyl (C=O) groups is 1. The number of morpholine rings is 2. The average molecular weight is 665 g/mol. The van der Waals surface area contributed by atoms with Crippen LogP contribution in [0.5, 0.6) is 0 Å². The number of hydrogen-bond donors (Lipinski definition) is 2. The Bertz CT molecular complexity index is 1960. The second-order valence-electron chi connectivity index (χ2n) is 12.8. The number of anilines is 2. The highest BCUT2D eigenvalue weighted by Gasteiger charge is 2.16. The van der Waals surface area contributed by atoms with Gasteiger partial charge in [-0.15, -0.1) is 0 Å². The minimum Gasteiger partial charge on any atom is -0.379 e. The standard InChI is InChI=1S/C41H40N6O3/c48-41(44-39-15-13-33(35-5-1-3-7-37(35)39)29-9-11-31(42-25-29)27-46-17-21-49-22-18-46)45-40-16-14-34(36-6-2-4-8-38(36)40)30-10-12-32(43-26-30)28-47-19-23-50-24-20-47/h1-16,25-26H,17-24,27-28H2,(H2,44,45,48). The molecule has 252 valence electrons. The van der Waals surface area contributed by atoms with E-state index < -0.39 is 0 Å². The highest BCUT2D eigenvalue weighted by molar-refractivity contribution is 6.13. The fourth-order valence-electron chi connectivity index (χ4n) is 6.93. The van der Waals surface area contributed by atoms with Gasteiger partial charge in [0, 0.05) is 73.6 Å². The molecule has 2 saturated heterocycles. The molecule has 2 N–H and O–H groups in total. The number of fused-ring (bicyclic) bond motifs is 2. The van der Waals surface area contributed by atoms with Gasteiger partial charge in [-0.2, -0.15) is 0 Å². The molecule has 0 bridgehead atoms. The summed E-state index contributed by atoms with van der Waals surface area (Å²) in [4.78, 5) is 27.8. The van der Waals surface area contributed by atoms with E-state index in [0.29, 0.717) is 0 Å². The van der Waals surface area contributed by atoms with Crippen molar-refractivity contribution in [2.24, 2.45) is 0 Å². The lowest BCUT2D eigenvalue weighted by Crippen LogP contribution is -2.35. The van der Waals surface area contributed by atoms with E-state index in [2.05, 4.69) is 69.0 Å². The Labute approximate surface area is 291 Å². The number of nitrogens with one attached hydrogen (secondary N) is 2. The fraction of sp³-hybridized carbons (Fsp3) is 0.244. The Morgan fingerprint density at radius 2 is 0.960 bits per heavy atom. The number of pyridine rings is 2. The van der Waals surface area contributed by atoms with Crippen LogP contribution in [0.4, 0.5) is 16.2 Å². The Morgan fingerprint density at radius 1 is 0.540 bits per heavy atom. The largest absolute Gasteiger partial charge is 0.379 e. The lowest BCUT2D eigenvalue weighted by atomic mass is 9.97. The first-order valence-electron chi connectivity index (χ1n) is 17.3. The molecule has 0 spiro atoms. The van der Waals surface area contributed by atoms with Gasteiger partial charge in [-0.25, -0.2) is 4.79 Å². The summed E-state index contributed by atoms with van der Waals surface area (Å²) in [5.74, 6) is 0. The number of aromatic nitrogens is 2. The van der Waals surface area contributed by atoms with Crippen molar-refractivity contribution in [2.75, 3.05) is 63.2 Å². The summed E-state index contributed by atoms with van der Waals surface area (Å²) in [7, 11) is 0. The molecule has 2 aliphatic rings. The lowest BCUT2D eigenvalue weighted by Gasteiger charge is -2.26. The zero-order valence-electron chi connectivity index (χ0n) is 28.0. The summed E-state index contributed by atoms with van der Waals surface area (Å²) in [5.41, 5.74) is 7.79. The smallest absolute Gasteiger partial charge is 0.323 e. The zero-order valence-corrected chi connectivity index (χ0v) is 28.0. The molecule has 0 radical (unpaired) electrons. The first-order chi connectivity index (χ1) is 24.7. The Hall–Kier alpha value is -5.19. The Morgan fingerprint density at radius 3 is 1.36 bits per heavy atom. The van der Waals surface area contributed by atoms with Crippen LogP contribution in [0.25, 0.3) is 43.8 Å². The van der Waals surface area contributed by atoms with Crippen molar-refractivity contribution < 1.29 is 14.3 Å². The van der Waals surface area contributed by atoms with E-state index in [4.69, 9.17) is 19.4 Å². The monoisotopic (exact) mass is 664 g/mol. The van der Waals surface area contributed by atoms with Crippen molar-refractivity contribution in [3.05, 3.63) is 121 Å². The molecule has 9 nitrogen and oxygen atoms in total. The Balaban J connectivity index is 0.990. The third kappa shape index (κ3) is 7.08. The minimum absolute atomic E-state index is 0.302. The van der Waals surface area contributed by atoms with Crippen molar-refractivity contribution in [1.29, 1.82) is 0 Å². The molecule has 9 heteroatoms. The van der Waals surface area contributed by atoms with Crippen molar-refractivity contribution in [2.45, 2.75) is 13.1 Å². The first kappa shape index (κ1) is 32.0. The second-order valence-corrected chi connectivity index (χ2v) is 12.8. The molecule has 0 saturated carbocycles. The van der Waals surface area contributed by atoms with E-state index in [1.807, 2.05) is 60.9 Å². The van der Waals surface area contributed by atoms with Gasteiger partial charge >= 0.3 is 6.03 Å². The van der Waals surface area contributed by atoms with Crippen molar-refractivity contribution in [3.8, 4) is 22.3 Å². The molecule has 8 rings (SSSR count). The van der Waals surface area contributed by atoms with Gasteiger partial charge in [-0.05, 0) is 46.2 Å². The van der Waals surface area contributed by atoms with Crippen molar-refractivity contribution in [1.82, 2.24) is 19.8 Å². The molecule has 2 fully saturated rings. The van der Waals surface area contributed by atoms with E-state index in [1.165, 1.54) is 0 Å². The second kappa shape index (κ2) is 14.7. The van der Waals surface area contributed by atoms with Gasteiger partial charge in [-0.3, -0.25) is 19.8 Å². The Kier molecular flexibility index (Phi) is 9.44. The van der Waals surface area contributed by atoms with Crippen molar-refractivity contribution in [3.63, 3.8) is 0 Å². The number of ether oxygens (including phenoxy) is 2. The highest BCUT2D eigenvalue weighted by Crippen LogP contribution is 2.35. The minimum atomic E-state index is -0.302. The van der Waals surface area contributed by atoms with E-state index in [0.717, 1.165) is 132 Å². The SMILES string of the molecule is O=C(Nc1ccc(-c2ccc(CN3CCOCC3)nc2)c2ccccc12)Nc1ccc(-c2ccc(CN3CCOCC3)nc2)c2ccccc12. The summed E-state index contributed by atoms with van der Waals surface area (Å²) in [6.45, 7) is 8.45. The molecule has 2 aliphatic heterocycles. The third-order valence-electron chi connectivity index (χ3n) is 9.59. The van der Waals surface area contributed by atoms with Crippen LogP contribution < -0.4 is 10.6 Å². The normalized spacial score (nSPS) is 15.7. The maximum Gasteiger partial charge on any atom is 0.323 e. The van der Waals surface area contributed by atoms with E-state index in [-0.39, 0.29) is 6.03 Å². The van der Waals surface area contributed by atoms with Crippen LogP contribution in [0.3, 0.4) is 0 Å². The van der Waals surface area contributed by atoms with Crippen LogP contribution in [0.15, 0.2) is 109 Å². The molecule has 2 aromatic heterocycles. The van der Waals surface area contributed by atoms with Gasteiger partial charge < -0.3 is 20.1 Å². The van der Waals surface area contributed by atoms with Crippen LogP contribution in [0.1, 0.15) is 11.4 Å². The maximum atomic E-state index is 13.5. The summed E-state index contributed by atoms with van der Waals surface area (Å²) < 4.78 is 11.0. The van der Waals surface area contributed by atoms with Gasteiger partial charge in [0.15, 0.2) is 0 Å². The summed E-state index contributed by atoms with van der Waals surface area (Å²) in [5, 5.41) is 10.2. The quantitative estimate of drug-likeness (QED) is 0.175. The summed E-state index contributed by atoms with van der Waals surface area (Å²) in [6, 6.07) is 32.5. The fourth-order valence-corrected chi connectivity index (χ4v) is 6.93. The molecule has 6 aromatic rings. The average Bonchev–Trinajstić information content (AvgIpc) is 3.17. The molecular formula is C41H40N6O3. The van der Waals surface area contributed by atoms with Gasteiger partial charge in [0.2, 0.25) is 0 Å². The van der Waals surface area contributed by atoms with Crippen LogP contribution in [0.2, 0.25) is 0 Å². The molecule has 4 heterocycles. The van der Waals surface area contributed by atoms with Crippen LogP contribution in [-0.2, 0) is 22.6 Å². The van der Waals surface area contributed by atoms with E-state index in [9.17, 15) is 4.79 Å². The third-order valence-corrected chi connectivity index (χ3v) is 9.59. The lowest BCUT2D eigenvalue weighted by molar-refractivity contribution is 0.0336. The topological polar surface area (TPSA) is 91.9 Å². The van der Waals surface area contributed by atoms with Gasteiger partial charge in [0.1, 0.15) is 0 Å². The predicted octanol–water partition coefficient (Wildman–Crippen LogP) is 7.43. The molecule has 0 unspecified atom stereocenters. The molecule has 0 atom stereocenters. The van der Waals surface area contributed by atoms with Crippen LogP contribution in [-0.4, -0.2) is 78.4 Å². The number of amides is 2. The van der Waals surface area contributed by atoms with Crippen molar-refractivity contribution >= 4 is 39.0 Å². The number of hydrogen-bond acceptors (Lipinski definition) is 7. The van der Waals surface area contributed by atoms with Gasteiger partial charge in [0.25, 0.3) is 0 Å².